The van der Waals surface area contributed by atoms with Crippen LogP contribution < -0.4 is 5.32 Å². The molecule has 2 rings (SSSR count). The lowest BCUT2D eigenvalue weighted by Crippen LogP contribution is -2.39. The number of carboxylic acids is 2. The maximum atomic E-state index is 9.77. The van der Waals surface area contributed by atoms with Crippen LogP contribution >= 0.6 is 0 Å². The summed E-state index contributed by atoms with van der Waals surface area (Å²) in [4.78, 5) is 19.5. The predicted octanol–water partition coefficient (Wildman–Crippen LogP) is -0.557. The summed E-state index contributed by atoms with van der Waals surface area (Å²) in [6.07, 6.45) is -2.97. The number of nitrogens with one attached hydrogen (secondary N) is 1. The highest BCUT2D eigenvalue weighted by Crippen LogP contribution is 2.07. The van der Waals surface area contributed by atoms with E-state index in [1.54, 1.807) is 0 Å². The van der Waals surface area contributed by atoms with Gasteiger partial charge in [0.15, 0.2) is 12.2 Å². The number of aliphatic hydroxyl groups is 2. The first-order chi connectivity index (χ1) is 10.9. The van der Waals surface area contributed by atoms with Crippen molar-refractivity contribution in [3.63, 3.8) is 0 Å². The van der Waals surface area contributed by atoms with Crippen LogP contribution in [0.1, 0.15) is 12.0 Å². The SMILES string of the molecule is O=C(O)[C@H](O)[C@@H](O)C(=O)O.c1ccc(CO[C@@H]2CCNC2)cc1. The second-order valence-electron chi connectivity index (χ2n) is 4.98. The Bertz CT molecular complexity index is 470. The Morgan fingerprint density at radius 1 is 1.13 bits per heavy atom. The number of hydrogen-bond acceptors (Lipinski definition) is 6. The summed E-state index contributed by atoms with van der Waals surface area (Å²) in [7, 11) is 0. The molecule has 1 saturated heterocycles. The van der Waals surface area contributed by atoms with Gasteiger partial charge in [0.1, 0.15) is 0 Å². The smallest absolute Gasteiger partial charge is 0.335 e. The van der Waals surface area contributed by atoms with E-state index < -0.39 is 24.1 Å². The molecule has 3 atom stereocenters. The molecule has 8 heteroatoms. The van der Waals surface area contributed by atoms with Crippen LogP contribution in [0.25, 0.3) is 0 Å². The first kappa shape index (κ1) is 19.0. The van der Waals surface area contributed by atoms with Crippen molar-refractivity contribution in [2.75, 3.05) is 13.1 Å². The molecule has 0 aliphatic carbocycles. The molecule has 1 aromatic carbocycles. The van der Waals surface area contributed by atoms with E-state index in [0.29, 0.717) is 6.10 Å². The van der Waals surface area contributed by atoms with Gasteiger partial charge >= 0.3 is 11.9 Å². The summed E-state index contributed by atoms with van der Waals surface area (Å²) in [6, 6.07) is 10.3. The Balaban J connectivity index is 0.000000241. The number of carbonyl (C=O) groups is 2. The van der Waals surface area contributed by atoms with Crippen molar-refractivity contribution in [2.24, 2.45) is 0 Å². The van der Waals surface area contributed by atoms with Gasteiger partial charge in [-0.2, -0.15) is 0 Å². The average Bonchev–Trinajstić information content (AvgIpc) is 3.06. The fourth-order valence-electron chi connectivity index (χ4n) is 1.83. The highest BCUT2D eigenvalue weighted by Gasteiger charge is 2.29. The minimum atomic E-state index is -2.27. The minimum absolute atomic E-state index is 0.417. The van der Waals surface area contributed by atoms with Crippen LogP contribution in [0.4, 0.5) is 0 Å². The molecular formula is C15H21NO7. The molecule has 1 heterocycles. The predicted molar refractivity (Wildman–Crippen MR) is 79.8 cm³/mol. The van der Waals surface area contributed by atoms with Crippen LogP contribution in [-0.2, 0) is 20.9 Å². The molecule has 1 aliphatic heterocycles. The molecule has 1 fully saturated rings. The van der Waals surface area contributed by atoms with Gasteiger partial charge < -0.3 is 30.5 Å². The van der Waals surface area contributed by atoms with Crippen LogP contribution in [0.3, 0.4) is 0 Å². The minimum Gasteiger partial charge on any atom is -0.479 e. The molecule has 1 aliphatic rings. The van der Waals surface area contributed by atoms with Gasteiger partial charge in [-0.25, -0.2) is 9.59 Å². The zero-order chi connectivity index (χ0) is 17.2. The van der Waals surface area contributed by atoms with Crippen molar-refractivity contribution in [2.45, 2.75) is 31.3 Å². The van der Waals surface area contributed by atoms with Gasteiger partial charge in [-0.1, -0.05) is 30.3 Å². The zero-order valence-corrected chi connectivity index (χ0v) is 12.5. The molecule has 0 amide bonds. The number of ether oxygens (including phenoxy) is 1. The quantitative estimate of drug-likeness (QED) is 0.469. The lowest BCUT2D eigenvalue weighted by atomic mass is 10.2. The van der Waals surface area contributed by atoms with E-state index in [9.17, 15) is 9.59 Å². The third-order valence-corrected chi connectivity index (χ3v) is 3.15. The second-order valence-corrected chi connectivity index (χ2v) is 4.98. The van der Waals surface area contributed by atoms with Crippen molar-refractivity contribution in [3.05, 3.63) is 35.9 Å². The fraction of sp³-hybridized carbons (Fsp3) is 0.467. The van der Waals surface area contributed by atoms with E-state index in [4.69, 9.17) is 25.2 Å². The first-order valence-electron chi connectivity index (χ1n) is 7.09. The van der Waals surface area contributed by atoms with Gasteiger partial charge in [0.05, 0.1) is 12.7 Å². The third-order valence-electron chi connectivity index (χ3n) is 3.15. The van der Waals surface area contributed by atoms with Crippen LogP contribution in [0, 0.1) is 0 Å². The van der Waals surface area contributed by atoms with Gasteiger partial charge in [0, 0.05) is 6.54 Å². The molecule has 0 aromatic heterocycles. The van der Waals surface area contributed by atoms with Crippen molar-refractivity contribution in [1.82, 2.24) is 5.32 Å². The third kappa shape index (κ3) is 7.20. The monoisotopic (exact) mass is 327 g/mol. The Morgan fingerprint density at radius 2 is 1.70 bits per heavy atom. The summed E-state index contributed by atoms with van der Waals surface area (Å²) in [5.74, 6) is -3.54. The molecule has 5 N–H and O–H groups in total. The number of aliphatic hydroxyl groups excluding tert-OH is 2. The molecule has 0 bridgehead atoms. The molecule has 8 nitrogen and oxygen atoms in total. The molecule has 1 aromatic rings. The zero-order valence-electron chi connectivity index (χ0n) is 12.5. The molecule has 0 radical (unpaired) electrons. The standard InChI is InChI=1S/C11H15NO.C4H6O6/c1-2-4-10(5-3-1)9-13-11-6-7-12-8-11;5-1(3(7)8)2(6)4(9)10/h1-5,11-12H,6-9H2;1-2,5-6H,(H,7,8)(H,9,10)/t11-;1-,2-/m11/s1. The molecule has 0 unspecified atom stereocenters. The highest BCUT2D eigenvalue weighted by atomic mass is 16.5. The van der Waals surface area contributed by atoms with E-state index in [1.165, 1.54) is 5.56 Å². The van der Waals surface area contributed by atoms with E-state index >= 15 is 0 Å². The maximum absolute atomic E-state index is 9.77. The number of hydrogen-bond donors (Lipinski definition) is 5. The van der Waals surface area contributed by atoms with Gasteiger partial charge in [-0.15, -0.1) is 0 Å². The van der Waals surface area contributed by atoms with Crippen molar-refractivity contribution >= 4 is 11.9 Å². The van der Waals surface area contributed by atoms with Gasteiger partial charge in [0.25, 0.3) is 0 Å². The van der Waals surface area contributed by atoms with E-state index in [0.717, 1.165) is 26.1 Å². The maximum Gasteiger partial charge on any atom is 0.335 e. The van der Waals surface area contributed by atoms with Gasteiger partial charge in [0.2, 0.25) is 0 Å². The summed E-state index contributed by atoms with van der Waals surface area (Å²) in [6.45, 7) is 2.85. The Morgan fingerprint density at radius 3 is 2.13 bits per heavy atom. The van der Waals surface area contributed by atoms with Crippen LogP contribution in [0.5, 0.6) is 0 Å². The Kier molecular flexibility index (Phi) is 8.20. The van der Waals surface area contributed by atoms with E-state index in [-0.39, 0.29) is 0 Å². The molecule has 0 spiro atoms. The molecule has 128 valence electrons. The van der Waals surface area contributed by atoms with Crippen molar-refractivity contribution in [3.8, 4) is 0 Å². The summed E-state index contributed by atoms with van der Waals surface area (Å²) in [5.41, 5.74) is 1.26. The summed E-state index contributed by atoms with van der Waals surface area (Å²) in [5, 5.41) is 35.8. The summed E-state index contributed by atoms with van der Waals surface area (Å²) >= 11 is 0. The fourth-order valence-corrected chi connectivity index (χ4v) is 1.83. The van der Waals surface area contributed by atoms with Gasteiger partial charge in [-0.05, 0) is 18.5 Å². The molecular weight excluding hydrogens is 306 g/mol. The molecule has 0 saturated carbocycles. The number of carboxylic acid groups (broad SMARTS) is 2. The summed E-state index contributed by atoms with van der Waals surface area (Å²) < 4.78 is 5.73. The van der Waals surface area contributed by atoms with Crippen LogP contribution in [0.2, 0.25) is 0 Å². The van der Waals surface area contributed by atoms with Crippen molar-refractivity contribution < 1.29 is 34.8 Å². The largest absolute Gasteiger partial charge is 0.479 e. The lowest BCUT2D eigenvalue weighted by Gasteiger charge is -2.09. The normalized spacial score (nSPS) is 19.3. The Labute approximate surface area is 133 Å². The first-order valence-corrected chi connectivity index (χ1v) is 7.09. The van der Waals surface area contributed by atoms with Crippen LogP contribution in [-0.4, -0.2) is 63.8 Å². The van der Waals surface area contributed by atoms with E-state index in [2.05, 4.69) is 17.4 Å². The van der Waals surface area contributed by atoms with Crippen molar-refractivity contribution in [1.29, 1.82) is 0 Å². The number of rotatable bonds is 6. The number of aliphatic carboxylic acids is 2. The van der Waals surface area contributed by atoms with E-state index in [1.807, 2.05) is 18.2 Å². The average molecular weight is 327 g/mol. The second kappa shape index (κ2) is 9.90. The topological polar surface area (TPSA) is 136 Å². The molecule has 23 heavy (non-hydrogen) atoms. The number of benzene rings is 1. The Hall–Kier alpha value is -2.00. The highest BCUT2D eigenvalue weighted by molar-refractivity contribution is 5.83. The lowest BCUT2D eigenvalue weighted by molar-refractivity contribution is -0.165. The van der Waals surface area contributed by atoms with Crippen LogP contribution in [0.15, 0.2) is 30.3 Å². The van der Waals surface area contributed by atoms with Gasteiger partial charge in [-0.3, -0.25) is 0 Å².